The van der Waals surface area contributed by atoms with Gasteiger partial charge in [0.15, 0.2) is 5.78 Å². The molecule has 0 heterocycles. The largest absolute Gasteiger partial charge is 0.390 e. The van der Waals surface area contributed by atoms with Gasteiger partial charge < -0.3 is 5.11 Å². The minimum Gasteiger partial charge on any atom is -0.390 e. The number of carbonyl (C=O) groups excluding carboxylic acids is 1. The fourth-order valence-electron chi connectivity index (χ4n) is 8.98. The predicted octanol–water partition coefficient (Wildman–Crippen LogP) is 8.79. The van der Waals surface area contributed by atoms with Crippen LogP contribution >= 0.6 is 15.9 Å². The van der Waals surface area contributed by atoms with E-state index < -0.39 is 5.60 Å². The quantitative estimate of drug-likeness (QED) is 0.212. The topological polar surface area (TPSA) is 37.3 Å². The molecule has 0 radical (unpaired) electrons. The van der Waals surface area contributed by atoms with Gasteiger partial charge in [-0.15, -0.1) is 0 Å². The van der Waals surface area contributed by atoms with Crippen LogP contribution in [0.2, 0.25) is 0 Å². The monoisotopic (exact) mass is 534 g/mol. The van der Waals surface area contributed by atoms with Gasteiger partial charge in [-0.3, -0.25) is 4.79 Å². The molecule has 2 nitrogen and oxygen atoms in total. The number of unbranched alkanes of at least 4 members (excludes halogenated alkanes) is 8. The summed E-state index contributed by atoms with van der Waals surface area (Å²) in [6.45, 7) is 7.03. The van der Waals surface area contributed by atoms with E-state index in [1.54, 1.807) is 0 Å². The highest BCUT2D eigenvalue weighted by Gasteiger charge is 2.64. The van der Waals surface area contributed by atoms with Crippen molar-refractivity contribution in [2.45, 2.75) is 136 Å². The van der Waals surface area contributed by atoms with Crippen LogP contribution in [-0.2, 0) is 4.79 Å². The SMILES string of the molecule is C[C@]12CCC(=O)C=C1C[C@@H](CCCCCCCCCCCBr)[C@@H]1[C@@H]2CC[C@@]2(C)[C@H]1CC[C@]2(C)O. The molecule has 4 rings (SSSR count). The van der Waals surface area contributed by atoms with Gasteiger partial charge >= 0.3 is 0 Å². The highest BCUT2D eigenvalue weighted by atomic mass is 79.9. The predicted molar refractivity (Wildman–Crippen MR) is 146 cm³/mol. The summed E-state index contributed by atoms with van der Waals surface area (Å²) in [6.07, 6.45) is 23.3. The first-order chi connectivity index (χ1) is 16.2. The maximum atomic E-state index is 12.4. The number of fused-ring (bicyclic) bond motifs is 5. The average molecular weight is 536 g/mol. The van der Waals surface area contributed by atoms with Crippen LogP contribution in [0.1, 0.15) is 130 Å². The van der Waals surface area contributed by atoms with E-state index in [4.69, 9.17) is 0 Å². The Bertz CT molecular complexity index is 742. The van der Waals surface area contributed by atoms with Crippen molar-refractivity contribution in [1.82, 2.24) is 0 Å². The lowest BCUT2D eigenvalue weighted by Crippen LogP contribution is -2.56. The fourth-order valence-corrected chi connectivity index (χ4v) is 9.38. The van der Waals surface area contributed by atoms with Gasteiger partial charge in [-0.25, -0.2) is 0 Å². The lowest BCUT2D eigenvalue weighted by atomic mass is 9.44. The molecular formula is C31H51BrO2. The van der Waals surface area contributed by atoms with E-state index in [1.807, 2.05) is 0 Å². The Hall–Kier alpha value is -0.150. The molecule has 34 heavy (non-hydrogen) atoms. The van der Waals surface area contributed by atoms with Gasteiger partial charge in [0.05, 0.1) is 5.60 Å². The van der Waals surface area contributed by atoms with E-state index in [2.05, 4.69) is 42.8 Å². The molecule has 194 valence electrons. The molecule has 4 aliphatic carbocycles. The molecule has 4 aliphatic rings. The summed E-state index contributed by atoms with van der Waals surface area (Å²) in [5.41, 5.74) is 1.27. The molecule has 3 saturated carbocycles. The standard InChI is InChI=1S/C31H51BrO2/c1-29-17-14-25(33)22-24(29)21-23(13-11-9-7-5-4-6-8-10-12-20-32)28-26(29)15-18-30(2)27(28)16-19-31(30,3)34/h22-23,26-28,34H,4-21H2,1-3H3/t23-,26+,27+,28-,29+,30+,31+/m1/s1. The number of rotatable bonds is 11. The number of allylic oxidation sites excluding steroid dienone is 1. The Morgan fingerprint density at radius 2 is 1.50 bits per heavy atom. The average Bonchev–Trinajstić information content (AvgIpc) is 3.05. The molecule has 0 aromatic rings. The second kappa shape index (κ2) is 11.1. The van der Waals surface area contributed by atoms with Crippen LogP contribution in [0.25, 0.3) is 0 Å². The van der Waals surface area contributed by atoms with Crippen molar-refractivity contribution in [3.63, 3.8) is 0 Å². The molecule has 0 spiro atoms. The fraction of sp³-hybridized carbons (Fsp3) is 0.903. The molecule has 0 bridgehead atoms. The van der Waals surface area contributed by atoms with Gasteiger partial charge in [0, 0.05) is 11.8 Å². The number of ketones is 1. The highest BCUT2D eigenvalue weighted by molar-refractivity contribution is 9.09. The molecule has 1 N–H and O–H groups in total. The van der Waals surface area contributed by atoms with Crippen LogP contribution in [0.3, 0.4) is 0 Å². The Labute approximate surface area is 218 Å². The maximum Gasteiger partial charge on any atom is 0.155 e. The van der Waals surface area contributed by atoms with Crippen molar-refractivity contribution in [2.24, 2.45) is 34.5 Å². The zero-order valence-corrected chi connectivity index (χ0v) is 23.9. The lowest BCUT2D eigenvalue weighted by Gasteiger charge is -2.61. The maximum absolute atomic E-state index is 12.4. The van der Waals surface area contributed by atoms with Crippen LogP contribution in [-0.4, -0.2) is 21.8 Å². The van der Waals surface area contributed by atoms with Crippen molar-refractivity contribution < 1.29 is 9.90 Å². The number of aliphatic hydroxyl groups is 1. The number of alkyl halides is 1. The third-order valence-electron chi connectivity index (χ3n) is 11.4. The summed E-state index contributed by atoms with van der Waals surface area (Å²) in [4.78, 5) is 12.4. The molecule has 7 atom stereocenters. The third kappa shape index (κ3) is 5.13. The Morgan fingerprint density at radius 1 is 0.882 bits per heavy atom. The Balaban J connectivity index is 1.39. The van der Waals surface area contributed by atoms with Gasteiger partial charge in [-0.1, -0.05) is 86.7 Å². The molecular weight excluding hydrogens is 484 g/mol. The summed E-state index contributed by atoms with van der Waals surface area (Å²) in [6, 6.07) is 0. The van der Waals surface area contributed by atoms with Crippen molar-refractivity contribution in [3.05, 3.63) is 11.6 Å². The van der Waals surface area contributed by atoms with Crippen LogP contribution < -0.4 is 0 Å². The third-order valence-corrected chi connectivity index (χ3v) is 12.0. The van der Waals surface area contributed by atoms with Crippen molar-refractivity contribution in [2.75, 3.05) is 5.33 Å². The van der Waals surface area contributed by atoms with Crippen molar-refractivity contribution >= 4 is 21.7 Å². The van der Waals surface area contributed by atoms with Crippen molar-refractivity contribution in [1.29, 1.82) is 0 Å². The molecule has 3 heteroatoms. The Morgan fingerprint density at radius 3 is 2.18 bits per heavy atom. The number of hydrogen-bond acceptors (Lipinski definition) is 2. The van der Waals surface area contributed by atoms with E-state index in [1.165, 1.54) is 82.6 Å². The van der Waals surface area contributed by atoms with E-state index in [0.29, 0.717) is 23.5 Å². The number of hydrogen-bond donors (Lipinski definition) is 1. The van der Waals surface area contributed by atoms with Gasteiger partial charge in [-0.2, -0.15) is 0 Å². The minimum absolute atomic E-state index is 0.0727. The van der Waals surface area contributed by atoms with Crippen LogP contribution in [0, 0.1) is 34.5 Å². The second-order valence-electron chi connectivity index (χ2n) is 13.2. The first-order valence-corrected chi connectivity index (χ1v) is 15.9. The molecule has 0 aliphatic heterocycles. The summed E-state index contributed by atoms with van der Waals surface area (Å²) in [7, 11) is 0. The van der Waals surface area contributed by atoms with E-state index in [9.17, 15) is 9.90 Å². The van der Waals surface area contributed by atoms with E-state index in [0.717, 1.165) is 43.4 Å². The summed E-state index contributed by atoms with van der Waals surface area (Å²) in [5.74, 6) is 3.17. The zero-order chi connectivity index (χ0) is 24.4. The summed E-state index contributed by atoms with van der Waals surface area (Å²) >= 11 is 3.53. The Kier molecular flexibility index (Phi) is 8.76. The second-order valence-corrected chi connectivity index (χ2v) is 14.0. The highest BCUT2D eigenvalue weighted by Crippen LogP contribution is 2.69. The zero-order valence-electron chi connectivity index (χ0n) is 22.3. The molecule has 0 amide bonds. The van der Waals surface area contributed by atoms with Crippen molar-refractivity contribution in [3.8, 4) is 0 Å². The molecule has 0 saturated heterocycles. The first-order valence-electron chi connectivity index (χ1n) is 14.8. The normalized spacial score (nSPS) is 41.6. The smallest absolute Gasteiger partial charge is 0.155 e. The number of carbonyl (C=O) groups is 1. The molecule has 0 aromatic heterocycles. The number of halogens is 1. The van der Waals surface area contributed by atoms with Gasteiger partial charge in [0.2, 0.25) is 0 Å². The minimum atomic E-state index is -0.513. The summed E-state index contributed by atoms with van der Waals surface area (Å²) in [5, 5.41) is 12.5. The van der Waals surface area contributed by atoms with Crippen LogP contribution in [0.4, 0.5) is 0 Å². The molecule has 0 aromatic carbocycles. The lowest BCUT2D eigenvalue weighted by molar-refractivity contribution is -0.135. The van der Waals surface area contributed by atoms with E-state index >= 15 is 0 Å². The van der Waals surface area contributed by atoms with Gasteiger partial charge in [0.1, 0.15) is 0 Å². The van der Waals surface area contributed by atoms with Gasteiger partial charge in [-0.05, 0) is 98.9 Å². The van der Waals surface area contributed by atoms with E-state index in [-0.39, 0.29) is 10.8 Å². The summed E-state index contributed by atoms with van der Waals surface area (Å²) < 4.78 is 0. The van der Waals surface area contributed by atoms with Gasteiger partial charge in [0.25, 0.3) is 0 Å². The molecule has 3 fully saturated rings. The molecule has 0 unspecified atom stereocenters. The first kappa shape index (κ1) is 26.9. The van der Waals surface area contributed by atoms with Crippen LogP contribution in [0.5, 0.6) is 0 Å². The van der Waals surface area contributed by atoms with Crippen LogP contribution in [0.15, 0.2) is 11.6 Å².